The van der Waals surface area contributed by atoms with E-state index in [1.807, 2.05) is 55.5 Å². The number of nitrogens with zero attached hydrogens (tertiary/aromatic N) is 5. The van der Waals surface area contributed by atoms with Crippen LogP contribution in [0.15, 0.2) is 54.9 Å². The second kappa shape index (κ2) is 12.3. The maximum absolute atomic E-state index is 13.4. The fourth-order valence-corrected chi connectivity index (χ4v) is 4.92. The quantitative estimate of drug-likeness (QED) is 0.443. The molecule has 2 aromatic carbocycles. The highest BCUT2D eigenvalue weighted by atomic mass is 16.6. The van der Waals surface area contributed by atoms with E-state index < -0.39 is 23.8 Å². The molecule has 3 atom stereocenters. The molecule has 1 fully saturated rings. The number of likely N-dealkylation sites (tertiary alicyclic amines) is 1. The maximum Gasteiger partial charge on any atom is 0.410 e. The van der Waals surface area contributed by atoms with Gasteiger partial charge in [-0.15, -0.1) is 15.0 Å². The first-order valence-electron chi connectivity index (χ1n) is 13.5. The number of nitrogens with one attached hydrogen (secondary N) is 2. The third-order valence-electron chi connectivity index (χ3n) is 6.76. The standard InChI is InChI=1S/C29H37N7O4/c1-19-10-9-13-23(25(19)36-32-18-31-34-36)16-30-26(37)20(2)33-27(38)24-15-22(14-21-11-7-6-8-12-21)17-35(24)28(39)40-29(3,4)5/h6-13,18,20,22,24H,14-17H2,1-5H3,(H,30,37)(H,33,38)/t20-,22?,24?/m0/s1. The number of amides is 3. The van der Waals surface area contributed by atoms with Crippen LogP contribution >= 0.6 is 0 Å². The minimum atomic E-state index is -0.820. The smallest absolute Gasteiger partial charge is 0.410 e. The number of para-hydroxylation sites is 1. The summed E-state index contributed by atoms with van der Waals surface area (Å²) < 4.78 is 5.60. The monoisotopic (exact) mass is 547 g/mol. The number of aryl methyl sites for hydroxylation is 1. The zero-order chi connectivity index (χ0) is 28.9. The van der Waals surface area contributed by atoms with Crippen molar-refractivity contribution in [2.24, 2.45) is 5.92 Å². The van der Waals surface area contributed by atoms with Gasteiger partial charge in [0.05, 0.1) is 5.69 Å². The molecule has 2 heterocycles. The highest BCUT2D eigenvalue weighted by Gasteiger charge is 2.42. The Bertz CT molecular complexity index is 1320. The topological polar surface area (TPSA) is 131 Å². The molecule has 1 aliphatic rings. The van der Waals surface area contributed by atoms with E-state index in [0.29, 0.717) is 13.0 Å². The van der Waals surface area contributed by atoms with Crippen LogP contribution in [-0.4, -0.2) is 67.2 Å². The van der Waals surface area contributed by atoms with Crippen molar-refractivity contribution in [3.8, 4) is 5.69 Å². The van der Waals surface area contributed by atoms with Gasteiger partial charge in [0.25, 0.3) is 0 Å². The molecule has 11 heteroatoms. The summed E-state index contributed by atoms with van der Waals surface area (Å²) in [4.78, 5) is 42.3. The summed E-state index contributed by atoms with van der Waals surface area (Å²) in [6.45, 7) is 9.54. The second-order valence-corrected chi connectivity index (χ2v) is 11.2. The van der Waals surface area contributed by atoms with Gasteiger partial charge in [-0.3, -0.25) is 14.5 Å². The lowest BCUT2D eigenvalue weighted by molar-refractivity contribution is -0.131. The molecule has 11 nitrogen and oxygen atoms in total. The molecule has 1 saturated heterocycles. The minimum Gasteiger partial charge on any atom is -0.444 e. The lowest BCUT2D eigenvalue weighted by Gasteiger charge is -2.28. The van der Waals surface area contributed by atoms with E-state index in [4.69, 9.17) is 4.74 Å². The number of ether oxygens (including phenoxy) is 1. The van der Waals surface area contributed by atoms with Gasteiger partial charge in [-0.2, -0.15) is 0 Å². The van der Waals surface area contributed by atoms with Gasteiger partial charge >= 0.3 is 6.09 Å². The fourth-order valence-electron chi connectivity index (χ4n) is 4.92. The highest BCUT2D eigenvalue weighted by molar-refractivity contribution is 5.91. The predicted molar refractivity (Wildman–Crippen MR) is 148 cm³/mol. The van der Waals surface area contributed by atoms with Crippen molar-refractivity contribution in [3.05, 3.63) is 71.5 Å². The molecule has 0 aliphatic carbocycles. The van der Waals surface area contributed by atoms with E-state index in [1.165, 1.54) is 16.0 Å². The van der Waals surface area contributed by atoms with Crippen LogP contribution in [0.1, 0.15) is 50.8 Å². The van der Waals surface area contributed by atoms with Crippen LogP contribution in [0.5, 0.6) is 0 Å². The molecule has 212 valence electrons. The summed E-state index contributed by atoms with van der Waals surface area (Å²) in [5, 5.41) is 17.5. The molecule has 0 saturated carbocycles. The van der Waals surface area contributed by atoms with Gasteiger partial charge in [0.15, 0.2) is 6.33 Å². The van der Waals surface area contributed by atoms with E-state index >= 15 is 0 Å². The molecule has 2 N–H and O–H groups in total. The number of tetrazole rings is 1. The van der Waals surface area contributed by atoms with Gasteiger partial charge in [0.2, 0.25) is 11.8 Å². The fraction of sp³-hybridized carbons (Fsp3) is 0.448. The number of benzene rings is 2. The number of carbonyl (C=O) groups excluding carboxylic acids is 3. The number of aromatic nitrogens is 4. The Balaban J connectivity index is 1.41. The number of rotatable bonds is 8. The molecule has 40 heavy (non-hydrogen) atoms. The van der Waals surface area contributed by atoms with Gasteiger partial charge in [0, 0.05) is 13.1 Å². The first-order valence-corrected chi connectivity index (χ1v) is 13.5. The molecule has 1 aliphatic heterocycles. The van der Waals surface area contributed by atoms with Gasteiger partial charge in [-0.05, 0) is 75.3 Å². The van der Waals surface area contributed by atoms with Crippen LogP contribution < -0.4 is 10.6 Å². The Morgan fingerprint density at radius 2 is 1.85 bits per heavy atom. The van der Waals surface area contributed by atoms with Crippen LogP contribution in [0, 0.1) is 12.8 Å². The molecular weight excluding hydrogens is 510 g/mol. The van der Waals surface area contributed by atoms with Crippen molar-refractivity contribution in [2.45, 2.75) is 71.7 Å². The van der Waals surface area contributed by atoms with Crippen LogP contribution in [0.4, 0.5) is 4.79 Å². The van der Waals surface area contributed by atoms with Crippen molar-refractivity contribution in [1.29, 1.82) is 0 Å². The zero-order valence-corrected chi connectivity index (χ0v) is 23.6. The van der Waals surface area contributed by atoms with E-state index in [9.17, 15) is 14.4 Å². The summed E-state index contributed by atoms with van der Waals surface area (Å²) in [5.74, 6) is -0.651. The first kappa shape index (κ1) is 28.7. The van der Waals surface area contributed by atoms with Crippen molar-refractivity contribution >= 4 is 17.9 Å². The minimum absolute atomic E-state index is 0.0833. The number of hydrogen-bond acceptors (Lipinski definition) is 7. The lowest BCUT2D eigenvalue weighted by atomic mass is 9.96. The summed E-state index contributed by atoms with van der Waals surface area (Å²) in [7, 11) is 0. The highest BCUT2D eigenvalue weighted by Crippen LogP contribution is 2.28. The van der Waals surface area contributed by atoms with E-state index in [2.05, 4.69) is 26.0 Å². The maximum atomic E-state index is 13.4. The molecule has 4 rings (SSSR count). The van der Waals surface area contributed by atoms with Crippen LogP contribution in [0.2, 0.25) is 0 Å². The average molecular weight is 548 g/mol. The number of carbonyl (C=O) groups is 3. The zero-order valence-electron chi connectivity index (χ0n) is 23.6. The van der Waals surface area contributed by atoms with Gasteiger partial charge in [-0.25, -0.2) is 4.79 Å². The van der Waals surface area contributed by atoms with Crippen molar-refractivity contribution in [2.75, 3.05) is 6.54 Å². The Kier molecular flexibility index (Phi) is 8.81. The Labute approximate surface area is 234 Å². The second-order valence-electron chi connectivity index (χ2n) is 11.2. The normalized spacial score (nSPS) is 17.8. The Morgan fingerprint density at radius 1 is 1.10 bits per heavy atom. The summed E-state index contributed by atoms with van der Waals surface area (Å²) in [5.41, 5.74) is 2.92. The molecule has 0 spiro atoms. The van der Waals surface area contributed by atoms with Crippen LogP contribution in [-0.2, 0) is 27.3 Å². The van der Waals surface area contributed by atoms with Crippen LogP contribution in [0.3, 0.4) is 0 Å². The largest absolute Gasteiger partial charge is 0.444 e. The summed E-state index contributed by atoms with van der Waals surface area (Å²) in [6.07, 6.45) is 2.03. The molecular formula is C29H37N7O4. The Morgan fingerprint density at radius 3 is 2.52 bits per heavy atom. The average Bonchev–Trinajstić information content (AvgIpc) is 3.57. The van der Waals surface area contributed by atoms with Crippen molar-refractivity contribution in [3.63, 3.8) is 0 Å². The van der Waals surface area contributed by atoms with E-state index in [-0.39, 0.29) is 24.3 Å². The Hall–Kier alpha value is -4.28. The molecule has 3 aromatic rings. The molecule has 1 aromatic heterocycles. The lowest BCUT2D eigenvalue weighted by Crippen LogP contribution is -2.52. The van der Waals surface area contributed by atoms with Gasteiger partial charge < -0.3 is 15.4 Å². The van der Waals surface area contributed by atoms with Crippen molar-refractivity contribution < 1.29 is 19.1 Å². The first-order chi connectivity index (χ1) is 19.0. The summed E-state index contributed by atoms with van der Waals surface area (Å²) >= 11 is 0. The number of hydrogen-bond donors (Lipinski definition) is 2. The molecule has 0 radical (unpaired) electrons. The van der Waals surface area contributed by atoms with Gasteiger partial charge in [0.1, 0.15) is 17.7 Å². The summed E-state index contributed by atoms with van der Waals surface area (Å²) in [6, 6.07) is 14.1. The van der Waals surface area contributed by atoms with Gasteiger partial charge in [-0.1, -0.05) is 48.5 Å². The van der Waals surface area contributed by atoms with E-state index in [1.54, 1.807) is 27.7 Å². The SMILES string of the molecule is Cc1cccc(CNC(=O)[C@H](C)NC(=O)C2CC(Cc3ccccc3)CN2C(=O)OC(C)(C)C)c1-n1ncnn1. The predicted octanol–water partition coefficient (Wildman–Crippen LogP) is 2.96. The van der Waals surface area contributed by atoms with E-state index in [0.717, 1.165) is 28.8 Å². The van der Waals surface area contributed by atoms with Crippen LogP contribution in [0.25, 0.3) is 5.69 Å². The molecule has 3 amide bonds. The van der Waals surface area contributed by atoms with Crippen molar-refractivity contribution in [1.82, 2.24) is 35.7 Å². The molecule has 2 unspecified atom stereocenters. The molecule has 0 bridgehead atoms. The third kappa shape index (κ3) is 7.22. The third-order valence-corrected chi connectivity index (χ3v) is 6.76.